The molecule has 0 saturated heterocycles. The zero-order chi connectivity index (χ0) is 16.4. The molecule has 1 aromatic rings. The quantitative estimate of drug-likeness (QED) is 0.724. The molecular weight excluding hydrogens is 288 g/mol. The molecule has 0 amide bonds. The number of hydrogen-bond acceptors (Lipinski definition) is 4. The fourth-order valence-corrected chi connectivity index (χ4v) is 3.27. The fourth-order valence-electron chi connectivity index (χ4n) is 2.08. The Bertz CT molecular complexity index is 581. The van der Waals surface area contributed by atoms with Crippen molar-refractivity contribution in [3.63, 3.8) is 0 Å². The third-order valence-corrected chi connectivity index (χ3v) is 4.75. The first-order chi connectivity index (χ1) is 9.42. The molecule has 1 rings (SSSR count). The summed E-state index contributed by atoms with van der Waals surface area (Å²) in [5.74, 6) is 0. The van der Waals surface area contributed by atoms with Crippen LogP contribution >= 0.6 is 0 Å². The highest BCUT2D eigenvalue weighted by molar-refractivity contribution is 7.89. The van der Waals surface area contributed by atoms with Crippen LogP contribution in [-0.2, 0) is 10.0 Å². The van der Waals surface area contributed by atoms with E-state index >= 15 is 0 Å². The van der Waals surface area contributed by atoms with E-state index in [1.165, 1.54) is 6.07 Å². The number of aliphatic hydroxyl groups is 1. The highest BCUT2D eigenvalue weighted by atomic mass is 32.2. The number of nitrogens with two attached hydrogens (primary N) is 1. The monoisotopic (exact) mass is 314 g/mol. The van der Waals surface area contributed by atoms with Crippen LogP contribution in [0.3, 0.4) is 0 Å². The van der Waals surface area contributed by atoms with E-state index in [-0.39, 0.29) is 16.9 Å². The topological polar surface area (TPSA) is 92.4 Å². The van der Waals surface area contributed by atoms with Crippen molar-refractivity contribution in [1.82, 2.24) is 4.72 Å². The van der Waals surface area contributed by atoms with Gasteiger partial charge in [-0.05, 0) is 48.9 Å². The van der Waals surface area contributed by atoms with Gasteiger partial charge in [0.2, 0.25) is 10.0 Å². The molecule has 4 N–H and O–H groups in total. The number of benzene rings is 1. The fraction of sp³-hybridized carbons (Fsp3) is 0.600. The molecule has 21 heavy (non-hydrogen) atoms. The third-order valence-electron chi connectivity index (χ3n) is 3.35. The van der Waals surface area contributed by atoms with Gasteiger partial charge in [-0.15, -0.1) is 0 Å². The second kappa shape index (κ2) is 6.34. The minimum Gasteiger partial charge on any atom is -0.398 e. The Kier molecular flexibility index (Phi) is 5.41. The number of aryl methyl sites for hydroxylation is 1. The number of nitrogens with one attached hydrogen (secondary N) is 1. The van der Waals surface area contributed by atoms with Gasteiger partial charge in [-0.1, -0.05) is 20.8 Å². The van der Waals surface area contributed by atoms with Crippen LogP contribution in [0.15, 0.2) is 17.0 Å². The summed E-state index contributed by atoms with van der Waals surface area (Å²) in [5.41, 5.74) is 7.91. The van der Waals surface area contributed by atoms with E-state index in [0.717, 1.165) is 11.1 Å². The first-order valence-electron chi connectivity index (χ1n) is 6.97. The van der Waals surface area contributed by atoms with Gasteiger partial charge in [0.15, 0.2) is 0 Å². The molecule has 0 fully saturated rings. The van der Waals surface area contributed by atoms with E-state index in [4.69, 9.17) is 5.73 Å². The van der Waals surface area contributed by atoms with Crippen LogP contribution in [-0.4, -0.2) is 26.2 Å². The standard InChI is InChI=1S/C15H26N2O3S/c1-10-6-13(7-14(16)11(10)2)21(19,20)17-9-12(18)8-15(3,4)5/h6-7,12,17-18H,8-9,16H2,1-5H3. The SMILES string of the molecule is Cc1cc(S(=O)(=O)NCC(O)CC(C)(C)C)cc(N)c1C. The van der Waals surface area contributed by atoms with Gasteiger partial charge in [0.05, 0.1) is 11.0 Å². The zero-order valence-electron chi connectivity index (χ0n) is 13.4. The second-order valence-corrected chi connectivity index (χ2v) is 8.49. The average Bonchev–Trinajstić information content (AvgIpc) is 2.31. The zero-order valence-corrected chi connectivity index (χ0v) is 14.2. The highest BCUT2D eigenvalue weighted by Gasteiger charge is 2.21. The van der Waals surface area contributed by atoms with E-state index in [1.807, 2.05) is 34.6 Å². The van der Waals surface area contributed by atoms with Crippen LogP contribution in [0.2, 0.25) is 0 Å². The summed E-state index contributed by atoms with van der Waals surface area (Å²) in [7, 11) is -3.66. The lowest BCUT2D eigenvalue weighted by Gasteiger charge is -2.22. The first-order valence-corrected chi connectivity index (χ1v) is 8.45. The number of nitrogen functional groups attached to an aromatic ring is 1. The normalized spacial score (nSPS) is 14.2. The van der Waals surface area contributed by atoms with Crippen molar-refractivity contribution in [1.29, 1.82) is 0 Å². The number of aliphatic hydroxyl groups excluding tert-OH is 1. The number of hydrogen-bond donors (Lipinski definition) is 3. The molecular formula is C15H26N2O3S. The summed E-state index contributed by atoms with van der Waals surface area (Å²) in [6.45, 7) is 9.64. The lowest BCUT2D eigenvalue weighted by molar-refractivity contribution is 0.125. The Morgan fingerprint density at radius 2 is 1.86 bits per heavy atom. The maximum atomic E-state index is 12.2. The number of anilines is 1. The molecule has 0 aromatic heterocycles. The maximum Gasteiger partial charge on any atom is 0.240 e. The molecule has 0 radical (unpaired) electrons. The van der Waals surface area contributed by atoms with Crippen LogP contribution in [0.4, 0.5) is 5.69 Å². The lowest BCUT2D eigenvalue weighted by atomic mass is 9.89. The summed E-state index contributed by atoms with van der Waals surface area (Å²) in [4.78, 5) is 0.131. The van der Waals surface area contributed by atoms with Gasteiger partial charge in [-0.2, -0.15) is 0 Å². The van der Waals surface area contributed by atoms with Crippen molar-refractivity contribution >= 4 is 15.7 Å². The molecule has 5 nitrogen and oxygen atoms in total. The van der Waals surface area contributed by atoms with Crippen LogP contribution < -0.4 is 10.5 Å². The smallest absolute Gasteiger partial charge is 0.240 e. The van der Waals surface area contributed by atoms with Crippen molar-refractivity contribution < 1.29 is 13.5 Å². The van der Waals surface area contributed by atoms with Crippen LogP contribution in [0.25, 0.3) is 0 Å². The summed E-state index contributed by atoms with van der Waals surface area (Å²) in [6.07, 6.45) is -0.200. The summed E-state index contributed by atoms with van der Waals surface area (Å²) < 4.78 is 26.9. The molecule has 1 aromatic carbocycles. The van der Waals surface area contributed by atoms with Gasteiger partial charge in [0.25, 0.3) is 0 Å². The van der Waals surface area contributed by atoms with Crippen molar-refractivity contribution in [2.45, 2.75) is 52.0 Å². The minimum atomic E-state index is -3.66. The van der Waals surface area contributed by atoms with Crippen LogP contribution in [0.1, 0.15) is 38.3 Å². The molecule has 6 heteroatoms. The number of sulfonamides is 1. The van der Waals surface area contributed by atoms with E-state index < -0.39 is 16.1 Å². The summed E-state index contributed by atoms with van der Waals surface area (Å²) >= 11 is 0. The molecule has 0 heterocycles. The molecule has 0 aliphatic carbocycles. The van der Waals surface area contributed by atoms with Crippen molar-refractivity contribution in [2.75, 3.05) is 12.3 Å². The van der Waals surface area contributed by atoms with E-state index in [1.54, 1.807) is 6.07 Å². The van der Waals surface area contributed by atoms with Gasteiger partial charge < -0.3 is 10.8 Å². The summed E-state index contributed by atoms with van der Waals surface area (Å²) in [5, 5.41) is 9.90. The maximum absolute atomic E-state index is 12.2. The van der Waals surface area contributed by atoms with Crippen LogP contribution in [0, 0.1) is 19.3 Å². The molecule has 120 valence electrons. The van der Waals surface area contributed by atoms with Gasteiger partial charge in [0.1, 0.15) is 0 Å². The largest absolute Gasteiger partial charge is 0.398 e. The second-order valence-electron chi connectivity index (χ2n) is 6.72. The Hall–Kier alpha value is -1.11. The Morgan fingerprint density at radius 1 is 1.29 bits per heavy atom. The van der Waals surface area contributed by atoms with E-state index in [2.05, 4.69) is 4.72 Å². The molecule has 0 aliphatic rings. The predicted octanol–water partition coefficient (Wildman–Crippen LogP) is 1.96. The van der Waals surface area contributed by atoms with Gasteiger partial charge in [-0.3, -0.25) is 0 Å². The minimum absolute atomic E-state index is 0.00751. The van der Waals surface area contributed by atoms with Gasteiger partial charge in [0, 0.05) is 12.2 Å². The molecule has 1 unspecified atom stereocenters. The highest BCUT2D eigenvalue weighted by Crippen LogP contribution is 2.22. The lowest BCUT2D eigenvalue weighted by Crippen LogP contribution is -2.34. The molecule has 0 saturated carbocycles. The molecule has 0 bridgehead atoms. The first kappa shape index (κ1) is 17.9. The summed E-state index contributed by atoms with van der Waals surface area (Å²) in [6, 6.07) is 3.03. The van der Waals surface area contributed by atoms with Gasteiger partial charge >= 0.3 is 0 Å². The Labute approximate surface area is 127 Å². The average molecular weight is 314 g/mol. The van der Waals surface area contributed by atoms with E-state index in [0.29, 0.717) is 12.1 Å². The van der Waals surface area contributed by atoms with Crippen molar-refractivity contribution in [3.05, 3.63) is 23.3 Å². The van der Waals surface area contributed by atoms with Crippen molar-refractivity contribution in [2.24, 2.45) is 5.41 Å². The van der Waals surface area contributed by atoms with Crippen LogP contribution in [0.5, 0.6) is 0 Å². The Balaban J connectivity index is 2.83. The molecule has 1 atom stereocenters. The predicted molar refractivity (Wildman–Crippen MR) is 85.6 cm³/mol. The Morgan fingerprint density at radius 3 is 2.33 bits per heavy atom. The molecule has 0 spiro atoms. The third kappa shape index (κ3) is 5.30. The van der Waals surface area contributed by atoms with E-state index in [9.17, 15) is 13.5 Å². The van der Waals surface area contributed by atoms with Crippen molar-refractivity contribution in [3.8, 4) is 0 Å². The van der Waals surface area contributed by atoms with Gasteiger partial charge in [-0.25, -0.2) is 13.1 Å². The number of rotatable bonds is 5. The molecule has 0 aliphatic heterocycles.